The second-order valence-electron chi connectivity index (χ2n) is 6.52. The molecule has 1 N–H and O–H groups in total. The number of rotatable bonds is 8. The number of hydrogen-bond acceptors (Lipinski definition) is 4. The van der Waals surface area contributed by atoms with E-state index in [9.17, 15) is 4.79 Å². The summed E-state index contributed by atoms with van der Waals surface area (Å²) in [5.41, 5.74) is 0. The van der Waals surface area contributed by atoms with E-state index in [2.05, 4.69) is 23.6 Å². The molecule has 0 radical (unpaired) electrons. The molecule has 0 bridgehead atoms. The zero-order valence-electron chi connectivity index (χ0n) is 12.8. The lowest BCUT2D eigenvalue weighted by molar-refractivity contribution is -0.137. The molecular formula is C15H28N2O3. The summed E-state index contributed by atoms with van der Waals surface area (Å²) in [6.07, 6.45) is 2.89. The van der Waals surface area contributed by atoms with Gasteiger partial charge in [0.25, 0.3) is 0 Å². The Labute approximate surface area is 121 Å². The highest BCUT2D eigenvalue weighted by molar-refractivity contribution is 5.66. The van der Waals surface area contributed by atoms with E-state index >= 15 is 0 Å². The van der Waals surface area contributed by atoms with Gasteiger partial charge >= 0.3 is 5.97 Å². The highest BCUT2D eigenvalue weighted by atomic mass is 16.5. The second-order valence-corrected chi connectivity index (χ2v) is 6.52. The van der Waals surface area contributed by atoms with Gasteiger partial charge in [0.2, 0.25) is 0 Å². The van der Waals surface area contributed by atoms with Gasteiger partial charge < -0.3 is 9.84 Å². The van der Waals surface area contributed by atoms with E-state index < -0.39 is 5.97 Å². The van der Waals surface area contributed by atoms with Gasteiger partial charge in [-0.3, -0.25) is 14.6 Å². The predicted octanol–water partition coefficient (Wildman–Crippen LogP) is 1.28. The molecule has 116 valence electrons. The van der Waals surface area contributed by atoms with E-state index in [-0.39, 0.29) is 12.5 Å². The van der Waals surface area contributed by atoms with Gasteiger partial charge in [-0.05, 0) is 18.8 Å². The lowest BCUT2D eigenvalue weighted by atomic mass is 10.1. The fourth-order valence-corrected chi connectivity index (χ4v) is 2.94. The van der Waals surface area contributed by atoms with E-state index in [1.165, 1.54) is 12.8 Å². The largest absolute Gasteiger partial charge is 0.481 e. The monoisotopic (exact) mass is 284 g/mol. The summed E-state index contributed by atoms with van der Waals surface area (Å²) in [6, 6.07) is 0.596. The number of aliphatic carboxylic acids is 1. The summed E-state index contributed by atoms with van der Waals surface area (Å²) in [7, 11) is 0. The molecule has 1 atom stereocenters. The number of carboxylic acid groups (broad SMARTS) is 1. The molecule has 20 heavy (non-hydrogen) atoms. The van der Waals surface area contributed by atoms with Crippen LogP contribution in [-0.4, -0.2) is 72.4 Å². The Morgan fingerprint density at radius 2 is 2.20 bits per heavy atom. The molecule has 1 saturated carbocycles. The van der Waals surface area contributed by atoms with E-state index in [0.29, 0.717) is 18.5 Å². The maximum absolute atomic E-state index is 10.7. The second kappa shape index (κ2) is 7.38. The van der Waals surface area contributed by atoms with Gasteiger partial charge in [-0.25, -0.2) is 0 Å². The third-order valence-electron chi connectivity index (χ3n) is 3.96. The molecule has 0 aromatic rings. The van der Waals surface area contributed by atoms with E-state index in [0.717, 1.165) is 32.8 Å². The van der Waals surface area contributed by atoms with Gasteiger partial charge in [0.05, 0.1) is 19.1 Å². The summed E-state index contributed by atoms with van der Waals surface area (Å²) in [6.45, 7) is 9.95. The van der Waals surface area contributed by atoms with Gasteiger partial charge in [-0.1, -0.05) is 13.8 Å². The summed E-state index contributed by atoms with van der Waals surface area (Å²) < 4.78 is 5.87. The quantitative estimate of drug-likeness (QED) is 0.728. The number of carboxylic acids is 1. The molecule has 1 aliphatic heterocycles. The predicted molar refractivity (Wildman–Crippen MR) is 77.9 cm³/mol. The Morgan fingerprint density at radius 3 is 2.80 bits per heavy atom. The van der Waals surface area contributed by atoms with Crippen LogP contribution in [0.2, 0.25) is 0 Å². The van der Waals surface area contributed by atoms with Crippen LogP contribution >= 0.6 is 0 Å². The Morgan fingerprint density at radius 1 is 1.45 bits per heavy atom. The minimum Gasteiger partial charge on any atom is -0.481 e. The Hall–Kier alpha value is -0.650. The van der Waals surface area contributed by atoms with E-state index in [1.54, 1.807) is 0 Å². The standard InChI is InChI=1S/C15H28N2O3/c1-12(2)9-16-7-8-20-14(10-16)11-17(13-3-4-13)6-5-15(18)19/h12-14H,3-11H2,1-2H3,(H,18,19). The molecule has 1 saturated heterocycles. The first-order valence-corrected chi connectivity index (χ1v) is 7.84. The minimum absolute atomic E-state index is 0.233. The van der Waals surface area contributed by atoms with Gasteiger partial charge in [-0.15, -0.1) is 0 Å². The van der Waals surface area contributed by atoms with Gasteiger partial charge in [0.15, 0.2) is 0 Å². The van der Waals surface area contributed by atoms with Crippen molar-refractivity contribution in [1.82, 2.24) is 9.80 Å². The lowest BCUT2D eigenvalue weighted by Gasteiger charge is -2.36. The first-order chi connectivity index (χ1) is 9.54. The SMILES string of the molecule is CC(C)CN1CCOC(CN(CCC(=O)O)C2CC2)C1. The number of hydrogen-bond donors (Lipinski definition) is 1. The van der Waals surface area contributed by atoms with Crippen molar-refractivity contribution in [1.29, 1.82) is 0 Å². The average molecular weight is 284 g/mol. The molecule has 0 amide bonds. The minimum atomic E-state index is -0.707. The zero-order valence-corrected chi connectivity index (χ0v) is 12.8. The number of ether oxygens (including phenoxy) is 1. The van der Waals surface area contributed by atoms with Gasteiger partial charge in [0.1, 0.15) is 0 Å². The lowest BCUT2D eigenvalue weighted by Crippen LogP contribution is -2.49. The number of nitrogens with zero attached hydrogens (tertiary/aromatic N) is 2. The first-order valence-electron chi connectivity index (χ1n) is 7.84. The smallest absolute Gasteiger partial charge is 0.304 e. The van der Waals surface area contributed by atoms with Crippen LogP contribution < -0.4 is 0 Å². The number of morpholine rings is 1. The van der Waals surface area contributed by atoms with Crippen LogP contribution in [-0.2, 0) is 9.53 Å². The van der Waals surface area contributed by atoms with E-state index in [4.69, 9.17) is 9.84 Å². The molecule has 2 fully saturated rings. The van der Waals surface area contributed by atoms with Crippen LogP contribution in [0.15, 0.2) is 0 Å². The van der Waals surface area contributed by atoms with Crippen molar-refractivity contribution >= 4 is 5.97 Å². The fraction of sp³-hybridized carbons (Fsp3) is 0.933. The fourth-order valence-electron chi connectivity index (χ4n) is 2.94. The summed E-state index contributed by atoms with van der Waals surface area (Å²) >= 11 is 0. The van der Waals surface area contributed by atoms with Crippen LogP contribution in [0.25, 0.3) is 0 Å². The van der Waals surface area contributed by atoms with Crippen molar-refractivity contribution in [3.8, 4) is 0 Å². The molecular weight excluding hydrogens is 256 g/mol. The van der Waals surface area contributed by atoms with Crippen LogP contribution in [0.1, 0.15) is 33.1 Å². The maximum atomic E-state index is 10.7. The van der Waals surface area contributed by atoms with Crippen molar-refractivity contribution in [2.45, 2.75) is 45.3 Å². The summed E-state index contributed by atoms with van der Waals surface area (Å²) in [4.78, 5) is 15.5. The molecule has 1 heterocycles. The highest BCUT2D eigenvalue weighted by Gasteiger charge is 2.32. The average Bonchev–Trinajstić information content (AvgIpc) is 3.18. The van der Waals surface area contributed by atoms with Crippen molar-refractivity contribution in [2.24, 2.45) is 5.92 Å². The first kappa shape index (κ1) is 15.7. The molecule has 0 aromatic heterocycles. The summed E-state index contributed by atoms with van der Waals surface area (Å²) in [5.74, 6) is -0.0260. The molecule has 2 aliphatic rings. The van der Waals surface area contributed by atoms with Crippen LogP contribution in [0.5, 0.6) is 0 Å². The third kappa shape index (κ3) is 5.38. The van der Waals surface area contributed by atoms with Gasteiger partial charge in [0, 0.05) is 38.8 Å². The molecule has 0 aromatic carbocycles. The summed E-state index contributed by atoms with van der Waals surface area (Å²) in [5, 5.41) is 8.85. The van der Waals surface area contributed by atoms with Crippen LogP contribution in [0.3, 0.4) is 0 Å². The number of carbonyl (C=O) groups is 1. The maximum Gasteiger partial charge on any atom is 0.304 e. The van der Waals surface area contributed by atoms with E-state index in [1.807, 2.05) is 0 Å². The van der Waals surface area contributed by atoms with Crippen LogP contribution in [0, 0.1) is 5.92 Å². The van der Waals surface area contributed by atoms with Crippen molar-refractivity contribution in [3.05, 3.63) is 0 Å². The highest BCUT2D eigenvalue weighted by Crippen LogP contribution is 2.27. The molecule has 5 heteroatoms. The van der Waals surface area contributed by atoms with Gasteiger partial charge in [-0.2, -0.15) is 0 Å². The van der Waals surface area contributed by atoms with Crippen molar-refractivity contribution in [2.75, 3.05) is 39.3 Å². The third-order valence-corrected chi connectivity index (χ3v) is 3.96. The van der Waals surface area contributed by atoms with Crippen molar-refractivity contribution < 1.29 is 14.6 Å². The van der Waals surface area contributed by atoms with Crippen LogP contribution in [0.4, 0.5) is 0 Å². The Kier molecular flexibility index (Phi) is 5.81. The zero-order chi connectivity index (χ0) is 14.5. The molecule has 2 rings (SSSR count). The van der Waals surface area contributed by atoms with Crippen molar-refractivity contribution in [3.63, 3.8) is 0 Å². The topological polar surface area (TPSA) is 53.0 Å². The normalized spacial score (nSPS) is 24.5. The molecule has 1 aliphatic carbocycles. The molecule has 5 nitrogen and oxygen atoms in total. The Bertz CT molecular complexity index is 318. The molecule has 0 spiro atoms. The Balaban J connectivity index is 1.78. The molecule has 1 unspecified atom stereocenters.